The first kappa shape index (κ1) is 22.0. The number of benzene rings is 2. The van der Waals surface area contributed by atoms with Gasteiger partial charge in [0.15, 0.2) is 11.5 Å². The number of aryl methyl sites for hydroxylation is 3. The smallest absolute Gasteiger partial charge is 0.339 e. The molecule has 10 heteroatoms. The molecule has 0 aliphatic heterocycles. The minimum Gasteiger partial charge on any atom is -0.493 e. The minimum atomic E-state index is -4.04. The highest BCUT2D eigenvalue weighted by Crippen LogP contribution is 2.31. The highest BCUT2D eigenvalue weighted by atomic mass is 32.2. The first-order valence-electron chi connectivity index (χ1n) is 9.25. The normalized spacial score (nSPS) is 11.5. The van der Waals surface area contributed by atoms with Crippen LogP contribution >= 0.6 is 0 Å². The molecule has 162 valence electrons. The van der Waals surface area contributed by atoms with Gasteiger partial charge in [-0.3, -0.25) is 9.78 Å². The predicted molar refractivity (Wildman–Crippen MR) is 118 cm³/mol. The molecule has 31 heavy (non-hydrogen) atoms. The molecule has 0 saturated heterocycles. The molecule has 3 aromatic rings. The van der Waals surface area contributed by atoms with Crippen molar-refractivity contribution in [1.29, 1.82) is 0 Å². The van der Waals surface area contributed by atoms with Gasteiger partial charge in [0.2, 0.25) is 5.95 Å². The van der Waals surface area contributed by atoms with E-state index < -0.39 is 10.1 Å². The van der Waals surface area contributed by atoms with Crippen LogP contribution in [0.25, 0.3) is 0 Å². The van der Waals surface area contributed by atoms with Crippen molar-refractivity contribution >= 4 is 22.3 Å². The zero-order valence-electron chi connectivity index (χ0n) is 17.5. The van der Waals surface area contributed by atoms with Gasteiger partial charge in [-0.05, 0) is 61.7 Å². The highest BCUT2D eigenvalue weighted by Gasteiger charge is 2.21. The number of ether oxygens (including phenoxy) is 1. The Bertz CT molecular complexity index is 1300. The standard InChI is InChI=1S/C21H22N4O5S/c1-13-5-6-14(2)19(9-13)31(27,28)30-17-8-7-16(11-18(17)29-4)12-22-25-21-23-15(3)10-20(26)24-21/h5-12H,1-4H3,(H2,23,24,25,26)/b22-12-. The number of hydrazone groups is 1. The Hall–Kier alpha value is -3.66. The average molecular weight is 442 g/mol. The Labute approximate surface area is 179 Å². The molecule has 0 unspecified atom stereocenters. The van der Waals surface area contributed by atoms with Gasteiger partial charge in [0, 0.05) is 11.8 Å². The second-order valence-corrected chi connectivity index (χ2v) is 8.34. The van der Waals surface area contributed by atoms with Crippen molar-refractivity contribution in [3.63, 3.8) is 0 Å². The fourth-order valence-corrected chi connectivity index (χ4v) is 4.03. The number of H-pyrrole nitrogens is 1. The van der Waals surface area contributed by atoms with E-state index in [-0.39, 0.29) is 27.9 Å². The molecule has 0 bridgehead atoms. The summed E-state index contributed by atoms with van der Waals surface area (Å²) in [6.07, 6.45) is 1.47. The molecule has 0 aliphatic rings. The van der Waals surface area contributed by atoms with Gasteiger partial charge in [-0.2, -0.15) is 13.5 Å². The maximum absolute atomic E-state index is 12.8. The summed E-state index contributed by atoms with van der Waals surface area (Å²) in [6.45, 7) is 5.21. The molecule has 0 atom stereocenters. The number of aromatic amines is 1. The van der Waals surface area contributed by atoms with E-state index in [2.05, 4.69) is 20.5 Å². The molecule has 0 spiro atoms. The molecular weight excluding hydrogens is 420 g/mol. The van der Waals surface area contributed by atoms with E-state index in [4.69, 9.17) is 8.92 Å². The summed E-state index contributed by atoms with van der Waals surface area (Å²) in [5.41, 5.74) is 4.89. The van der Waals surface area contributed by atoms with Crippen LogP contribution in [-0.2, 0) is 10.1 Å². The summed E-state index contributed by atoms with van der Waals surface area (Å²) in [5, 5.41) is 4.02. The van der Waals surface area contributed by atoms with Gasteiger partial charge < -0.3 is 8.92 Å². The van der Waals surface area contributed by atoms with E-state index in [0.29, 0.717) is 16.8 Å². The molecule has 9 nitrogen and oxygen atoms in total. The van der Waals surface area contributed by atoms with Crippen molar-refractivity contribution in [2.45, 2.75) is 25.7 Å². The van der Waals surface area contributed by atoms with Gasteiger partial charge in [0.1, 0.15) is 4.90 Å². The van der Waals surface area contributed by atoms with Crippen molar-refractivity contribution in [3.05, 3.63) is 75.2 Å². The first-order chi connectivity index (χ1) is 14.7. The predicted octanol–water partition coefficient (Wildman–Crippen LogP) is 2.92. The fraction of sp³-hybridized carbons (Fsp3) is 0.190. The van der Waals surface area contributed by atoms with Crippen LogP contribution in [0.5, 0.6) is 11.5 Å². The summed E-state index contributed by atoms with van der Waals surface area (Å²) < 4.78 is 36.1. The van der Waals surface area contributed by atoms with Gasteiger partial charge in [-0.15, -0.1) is 0 Å². The third-order valence-electron chi connectivity index (χ3n) is 4.25. The highest BCUT2D eigenvalue weighted by molar-refractivity contribution is 7.87. The SMILES string of the molecule is COc1cc(/C=N\Nc2nc(C)cc(=O)[nH]2)ccc1OS(=O)(=O)c1cc(C)ccc1C. The fourth-order valence-electron chi connectivity index (χ4n) is 2.77. The average Bonchev–Trinajstić information content (AvgIpc) is 2.70. The summed E-state index contributed by atoms with van der Waals surface area (Å²) >= 11 is 0. The number of nitrogens with one attached hydrogen (secondary N) is 2. The minimum absolute atomic E-state index is 0.0539. The molecule has 0 aliphatic carbocycles. The molecule has 0 saturated carbocycles. The third kappa shape index (κ3) is 5.48. The molecule has 1 heterocycles. The van der Waals surface area contributed by atoms with Crippen LogP contribution in [0.15, 0.2) is 57.3 Å². The number of aromatic nitrogens is 2. The van der Waals surface area contributed by atoms with Crippen LogP contribution < -0.4 is 19.9 Å². The van der Waals surface area contributed by atoms with E-state index in [1.807, 2.05) is 13.0 Å². The van der Waals surface area contributed by atoms with Gasteiger partial charge in [0.05, 0.1) is 13.3 Å². The lowest BCUT2D eigenvalue weighted by Crippen LogP contribution is -2.12. The Kier molecular flexibility index (Phi) is 6.40. The number of anilines is 1. The van der Waals surface area contributed by atoms with Crippen LogP contribution in [-0.4, -0.2) is 31.7 Å². The van der Waals surface area contributed by atoms with E-state index in [1.54, 1.807) is 38.1 Å². The Morgan fingerprint density at radius 3 is 2.55 bits per heavy atom. The molecular formula is C21H22N4O5S. The number of hydrogen-bond acceptors (Lipinski definition) is 8. The van der Waals surface area contributed by atoms with Crippen LogP contribution in [0.2, 0.25) is 0 Å². The van der Waals surface area contributed by atoms with Crippen LogP contribution in [0.1, 0.15) is 22.4 Å². The molecule has 0 radical (unpaired) electrons. The van der Waals surface area contributed by atoms with Crippen molar-refractivity contribution in [2.75, 3.05) is 12.5 Å². The van der Waals surface area contributed by atoms with E-state index in [9.17, 15) is 13.2 Å². The number of nitrogens with zero attached hydrogens (tertiary/aromatic N) is 2. The molecule has 0 fully saturated rings. The molecule has 0 amide bonds. The van der Waals surface area contributed by atoms with Gasteiger partial charge in [-0.1, -0.05) is 12.1 Å². The zero-order valence-corrected chi connectivity index (χ0v) is 18.3. The third-order valence-corrected chi connectivity index (χ3v) is 5.63. The topological polar surface area (TPSA) is 123 Å². The van der Waals surface area contributed by atoms with Crippen molar-refractivity contribution in [3.8, 4) is 11.5 Å². The summed E-state index contributed by atoms with van der Waals surface area (Å²) in [6, 6.07) is 11.2. The van der Waals surface area contributed by atoms with Crippen LogP contribution in [0.4, 0.5) is 5.95 Å². The summed E-state index contributed by atoms with van der Waals surface area (Å²) in [7, 11) is -2.63. The lowest BCUT2D eigenvalue weighted by Gasteiger charge is -2.13. The summed E-state index contributed by atoms with van der Waals surface area (Å²) in [4.78, 5) is 18.2. The van der Waals surface area contributed by atoms with Crippen LogP contribution in [0.3, 0.4) is 0 Å². The van der Waals surface area contributed by atoms with E-state index in [1.165, 1.54) is 25.5 Å². The molecule has 1 aromatic heterocycles. The van der Waals surface area contributed by atoms with Gasteiger partial charge in [-0.25, -0.2) is 10.4 Å². The van der Waals surface area contributed by atoms with E-state index >= 15 is 0 Å². The largest absolute Gasteiger partial charge is 0.493 e. The Morgan fingerprint density at radius 1 is 1.06 bits per heavy atom. The van der Waals surface area contributed by atoms with Gasteiger partial charge in [0.25, 0.3) is 5.56 Å². The number of rotatable bonds is 7. The molecule has 2 aromatic carbocycles. The molecule has 2 N–H and O–H groups in total. The van der Waals surface area contributed by atoms with Gasteiger partial charge >= 0.3 is 10.1 Å². The zero-order chi connectivity index (χ0) is 22.6. The second-order valence-electron chi connectivity index (χ2n) is 6.82. The first-order valence-corrected chi connectivity index (χ1v) is 10.7. The summed E-state index contributed by atoms with van der Waals surface area (Å²) in [5.74, 6) is 0.478. The Morgan fingerprint density at radius 2 is 1.84 bits per heavy atom. The van der Waals surface area contributed by atoms with Crippen molar-refractivity contribution < 1.29 is 17.3 Å². The van der Waals surface area contributed by atoms with Crippen LogP contribution in [0, 0.1) is 20.8 Å². The maximum Gasteiger partial charge on any atom is 0.339 e. The maximum atomic E-state index is 12.8. The lowest BCUT2D eigenvalue weighted by molar-refractivity contribution is 0.390. The van der Waals surface area contributed by atoms with Crippen molar-refractivity contribution in [2.24, 2.45) is 5.10 Å². The lowest BCUT2D eigenvalue weighted by atomic mass is 10.2. The quantitative estimate of drug-likeness (QED) is 0.328. The van der Waals surface area contributed by atoms with Crippen molar-refractivity contribution in [1.82, 2.24) is 9.97 Å². The monoisotopic (exact) mass is 442 g/mol. The van der Waals surface area contributed by atoms with E-state index in [0.717, 1.165) is 5.56 Å². The molecule has 3 rings (SSSR count). The second kappa shape index (κ2) is 9.00. The number of hydrogen-bond donors (Lipinski definition) is 2. The Balaban J connectivity index is 1.81. The number of methoxy groups -OCH3 is 1.